The Balaban J connectivity index is 0. The van der Waals surface area contributed by atoms with Gasteiger partial charge in [0.15, 0.2) is 0 Å². The molecule has 0 aromatic heterocycles. The molecule has 0 aromatic rings. The monoisotopic (exact) mass is 442 g/mol. The normalized spacial score (nSPS) is 10.7. The number of esters is 2. The van der Waals surface area contributed by atoms with Gasteiger partial charge in [-0.3, -0.25) is 9.59 Å². The molecule has 0 aliphatic rings. The van der Waals surface area contributed by atoms with Crippen LogP contribution in [0.5, 0.6) is 0 Å². The smallest absolute Gasteiger partial charge is 0.308 e. The van der Waals surface area contributed by atoms with Crippen molar-refractivity contribution in [3.8, 4) is 0 Å². The Kier molecular flexibility index (Phi) is 26.1. The van der Waals surface area contributed by atoms with E-state index in [1.54, 1.807) is 6.92 Å². The molecular weight excluding hydrogens is 388 g/mol. The van der Waals surface area contributed by atoms with Gasteiger partial charge in [0, 0.05) is 0 Å². The molecule has 0 radical (unpaired) electrons. The molecule has 0 spiro atoms. The van der Waals surface area contributed by atoms with Gasteiger partial charge < -0.3 is 9.47 Å². The number of rotatable bonds is 19. The molecule has 4 nitrogen and oxygen atoms in total. The van der Waals surface area contributed by atoms with E-state index in [-0.39, 0.29) is 23.8 Å². The fourth-order valence-electron chi connectivity index (χ4n) is 3.12. The molecule has 0 atom stereocenters. The Bertz CT molecular complexity index is 391. The second-order valence-corrected chi connectivity index (χ2v) is 9.18. The molecule has 0 unspecified atom stereocenters. The van der Waals surface area contributed by atoms with E-state index in [1.165, 1.54) is 89.9 Å². The number of carbonyl (C=O) groups excluding carboxylic acids is 2. The summed E-state index contributed by atoms with van der Waals surface area (Å²) in [7, 11) is 0. The Hall–Kier alpha value is -1.06. The Morgan fingerprint density at radius 2 is 0.839 bits per heavy atom. The van der Waals surface area contributed by atoms with Crippen LogP contribution in [0.25, 0.3) is 0 Å². The molecule has 0 saturated carbocycles. The van der Waals surface area contributed by atoms with Crippen molar-refractivity contribution in [3.05, 3.63) is 0 Å². The highest BCUT2D eigenvalue weighted by molar-refractivity contribution is 5.71. The second-order valence-electron chi connectivity index (χ2n) is 9.18. The zero-order chi connectivity index (χ0) is 23.7. The minimum atomic E-state index is -0.118. The first-order valence-electron chi connectivity index (χ1n) is 13.2. The van der Waals surface area contributed by atoms with Crippen LogP contribution in [-0.2, 0) is 19.1 Å². The van der Waals surface area contributed by atoms with Gasteiger partial charge in [-0.25, -0.2) is 0 Å². The first kappa shape index (κ1) is 32.1. The highest BCUT2D eigenvalue weighted by atomic mass is 16.5. The number of hydrogen-bond donors (Lipinski definition) is 0. The Labute approximate surface area is 194 Å². The third-order valence-corrected chi connectivity index (χ3v) is 5.22. The van der Waals surface area contributed by atoms with Crippen LogP contribution in [0.3, 0.4) is 0 Å². The maximum atomic E-state index is 11.3. The lowest BCUT2D eigenvalue weighted by Gasteiger charge is -2.06. The molecule has 0 aliphatic carbocycles. The highest BCUT2D eigenvalue weighted by Crippen LogP contribution is 2.13. The number of hydrogen-bond acceptors (Lipinski definition) is 4. The van der Waals surface area contributed by atoms with Crippen LogP contribution in [-0.4, -0.2) is 25.2 Å². The average Bonchev–Trinajstić information content (AvgIpc) is 2.73. The minimum Gasteiger partial charge on any atom is -0.466 e. The van der Waals surface area contributed by atoms with Crippen LogP contribution in [0, 0.1) is 11.8 Å². The standard InChI is InChI=1S/C21H42O2.C6H12O2/c1-4-5-6-7-8-9-10-11-12-13-14-15-16-17-18-19-23-21(22)20(2)3;1-4-8-6(7)5(2)3/h20H,4-19H2,1-3H3;5H,4H2,1-3H3. The average molecular weight is 443 g/mol. The zero-order valence-corrected chi connectivity index (χ0v) is 21.8. The Morgan fingerprint density at radius 1 is 0.516 bits per heavy atom. The third kappa shape index (κ3) is 26.9. The summed E-state index contributed by atoms with van der Waals surface area (Å²) >= 11 is 0. The molecule has 0 fully saturated rings. The third-order valence-electron chi connectivity index (χ3n) is 5.22. The summed E-state index contributed by atoms with van der Waals surface area (Å²) in [5.74, 6) is -0.163. The molecule has 0 heterocycles. The predicted molar refractivity (Wildman–Crippen MR) is 132 cm³/mol. The van der Waals surface area contributed by atoms with Gasteiger partial charge in [-0.1, -0.05) is 125 Å². The molecule has 4 heteroatoms. The van der Waals surface area contributed by atoms with Crippen LogP contribution < -0.4 is 0 Å². The lowest BCUT2D eigenvalue weighted by molar-refractivity contribution is -0.148. The van der Waals surface area contributed by atoms with Crippen molar-refractivity contribution in [1.29, 1.82) is 0 Å². The van der Waals surface area contributed by atoms with Gasteiger partial charge in [0.1, 0.15) is 0 Å². The zero-order valence-electron chi connectivity index (χ0n) is 21.8. The molecular formula is C27H54O4. The number of unbranched alkanes of at least 4 members (excludes halogenated alkanes) is 14. The van der Waals surface area contributed by atoms with E-state index in [1.807, 2.05) is 27.7 Å². The summed E-state index contributed by atoms with van der Waals surface area (Å²) in [4.78, 5) is 21.8. The number of ether oxygens (including phenoxy) is 2. The summed E-state index contributed by atoms with van der Waals surface area (Å²) in [6.07, 6.45) is 20.5. The first-order valence-corrected chi connectivity index (χ1v) is 13.2. The van der Waals surface area contributed by atoms with Gasteiger partial charge in [0.05, 0.1) is 25.0 Å². The summed E-state index contributed by atoms with van der Waals surface area (Å²) in [5, 5.41) is 0. The van der Waals surface area contributed by atoms with E-state index in [0.29, 0.717) is 13.2 Å². The molecule has 0 saturated heterocycles. The van der Waals surface area contributed by atoms with Crippen LogP contribution in [0.4, 0.5) is 0 Å². The quantitative estimate of drug-likeness (QED) is 0.149. The van der Waals surface area contributed by atoms with Crippen molar-refractivity contribution < 1.29 is 19.1 Å². The SMILES string of the molecule is CCCCCCCCCCCCCCCCCOC(=O)C(C)C.CCOC(=O)C(C)C. The van der Waals surface area contributed by atoms with Crippen LogP contribution >= 0.6 is 0 Å². The highest BCUT2D eigenvalue weighted by Gasteiger charge is 2.07. The lowest BCUT2D eigenvalue weighted by Crippen LogP contribution is -2.12. The molecule has 0 bridgehead atoms. The van der Waals surface area contributed by atoms with E-state index < -0.39 is 0 Å². The minimum absolute atomic E-state index is 0.00587. The summed E-state index contributed by atoms with van der Waals surface area (Å²) in [6.45, 7) is 12.6. The Morgan fingerprint density at radius 3 is 1.13 bits per heavy atom. The lowest BCUT2D eigenvalue weighted by atomic mass is 10.0. The van der Waals surface area contributed by atoms with Crippen molar-refractivity contribution in [2.45, 2.75) is 138 Å². The van der Waals surface area contributed by atoms with Crippen LogP contribution in [0.15, 0.2) is 0 Å². The fraction of sp³-hybridized carbons (Fsp3) is 0.926. The van der Waals surface area contributed by atoms with Gasteiger partial charge in [0.2, 0.25) is 0 Å². The van der Waals surface area contributed by atoms with Gasteiger partial charge >= 0.3 is 11.9 Å². The van der Waals surface area contributed by atoms with E-state index in [2.05, 4.69) is 11.7 Å². The largest absolute Gasteiger partial charge is 0.466 e. The molecule has 0 amide bonds. The molecule has 186 valence electrons. The topological polar surface area (TPSA) is 52.6 Å². The van der Waals surface area contributed by atoms with Crippen LogP contribution in [0.1, 0.15) is 138 Å². The van der Waals surface area contributed by atoms with Crippen LogP contribution in [0.2, 0.25) is 0 Å². The molecule has 0 N–H and O–H groups in total. The summed E-state index contributed by atoms with van der Waals surface area (Å²) in [6, 6.07) is 0. The van der Waals surface area contributed by atoms with Gasteiger partial charge in [-0.2, -0.15) is 0 Å². The predicted octanol–water partition coefficient (Wildman–Crippen LogP) is 8.26. The van der Waals surface area contributed by atoms with Gasteiger partial charge in [-0.05, 0) is 13.3 Å². The first-order chi connectivity index (χ1) is 14.9. The van der Waals surface area contributed by atoms with Crippen molar-refractivity contribution in [2.75, 3.05) is 13.2 Å². The molecule has 0 aromatic carbocycles. The van der Waals surface area contributed by atoms with Crippen molar-refractivity contribution in [2.24, 2.45) is 11.8 Å². The number of carbonyl (C=O) groups is 2. The van der Waals surface area contributed by atoms with E-state index >= 15 is 0 Å². The van der Waals surface area contributed by atoms with E-state index in [0.717, 1.165) is 6.42 Å². The summed E-state index contributed by atoms with van der Waals surface area (Å²) < 4.78 is 9.84. The van der Waals surface area contributed by atoms with E-state index in [9.17, 15) is 9.59 Å². The van der Waals surface area contributed by atoms with E-state index in [4.69, 9.17) is 4.74 Å². The maximum absolute atomic E-state index is 11.3. The van der Waals surface area contributed by atoms with Crippen molar-refractivity contribution in [3.63, 3.8) is 0 Å². The second kappa shape index (κ2) is 25.2. The molecule has 0 aliphatic heterocycles. The molecule has 0 rings (SSSR count). The van der Waals surface area contributed by atoms with Crippen molar-refractivity contribution >= 4 is 11.9 Å². The fourth-order valence-corrected chi connectivity index (χ4v) is 3.12. The molecule has 31 heavy (non-hydrogen) atoms. The van der Waals surface area contributed by atoms with Crippen molar-refractivity contribution in [1.82, 2.24) is 0 Å². The van der Waals surface area contributed by atoms with Gasteiger partial charge in [-0.15, -0.1) is 0 Å². The maximum Gasteiger partial charge on any atom is 0.308 e. The summed E-state index contributed by atoms with van der Waals surface area (Å²) in [5.41, 5.74) is 0. The van der Waals surface area contributed by atoms with Gasteiger partial charge in [0.25, 0.3) is 0 Å².